The summed E-state index contributed by atoms with van der Waals surface area (Å²) in [7, 11) is 0. The number of hydrogen-bond donors (Lipinski definition) is 9. The number of imidazole rings is 1. The number of nitrogens with zero attached hydrogens (tertiary/aromatic N) is 1. The monoisotopic (exact) mass is 473 g/mol. The Balaban J connectivity index is 2.87. The molecule has 0 aliphatic heterocycles. The third-order valence-electron chi connectivity index (χ3n) is 4.52. The number of carboxylic acid groups (broad SMARTS) is 1. The van der Waals surface area contributed by atoms with Crippen molar-refractivity contribution >= 4 is 36.3 Å². The molecule has 1 aromatic heterocycles. The van der Waals surface area contributed by atoms with Crippen molar-refractivity contribution in [3.05, 3.63) is 18.2 Å². The third kappa shape index (κ3) is 9.21. The number of hydrogen-bond acceptors (Lipinski definition) is 9. The summed E-state index contributed by atoms with van der Waals surface area (Å²) in [6, 6.07) is -4.65. The van der Waals surface area contributed by atoms with E-state index in [0.717, 1.165) is 0 Å². The van der Waals surface area contributed by atoms with Crippen molar-refractivity contribution in [2.24, 2.45) is 11.5 Å². The van der Waals surface area contributed by atoms with E-state index in [1.807, 2.05) is 0 Å². The van der Waals surface area contributed by atoms with Gasteiger partial charge in [0.25, 0.3) is 0 Å². The molecule has 32 heavy (non-hydrogen) atoms. The number of nitrogens with one attached hydrogen (secondary N) is 4. The first-order valence-corrected chi connectivity index (χ1v) is 10.6. The van der Waals surface area contributed by atoms with Crippen LogP contribution in [-0.2, 0) is 25.6 Å². The molecule has 4 atom stereocenters. The quantitative estimate of drug-likeness (QED) is 0.0925. The van der Waals surface area contributed by atoms with E-state index in [0.29, 0.717) is 25.1 Å². The number of aromatic amines is 1. The van der Waals surface area contributed by atoms with Gasteiger partial charge >= 0.3 is 5.97 Å². The van der Waals surface area contributed by atoms with Crippen LogP contribution in [0.1, 0.15) is 25.0 Å². The molecular formula is C18H31N7O6S. The molecule has 1 aromatic rings. The summed E-state index contributed by atoms with van der Waals surface area (Å²) < 4.78 is 0. The number of H-pyrrole nitrogens is 1. The second-order valence-electron chi connectivity index (χ2n) is 7.06. The molecule has 1 heterocycles. The summed E-state index contributed by atoms with van der Waals surface area (Å²) in [5.74, 6) is -3.50. The minimum atomic E-state index is -1.25. The van der Waals surface area contributed by atoms with Gasteiger partial charge in [-0.25, -0.2) is 9.78 Å². The Kier molecular flexibility index (Phi) is 12.3. The molecule has 1 rings (SSSR count). The van der Waals surface area contributed by atoms with Gasteiger partial charge in [0.15, 0.2) is 0 Å². The van der Waals surface area contributed by atoms with Crippen molar-refractivity contribution in [3.63, 3.8) is 0 Å². The smallest absolute Gasteiger partial charge is 0.326 e. The van der Waals surface area contributed by atoms with E-state index in [1.54, 1.807) is 0 Å². The molecule has 0 saturated carbocycles. The van der Waals surface area contributed by atoms with Crippen LogP contribution in [0.5, 0.6) is 0 Å². The molecule has 180 valence electrons. The molecule has 10 N–H and O–H groups in total. The molecule has 0 bridgehead atoms. The van der Waals surface area contributed by atoms with Gasteiger partial charge in [-0.2, -0.15) is 12.6 Å². The Morgan fingerprint density at radius 3 is 2.22 bits per heavy atom. The molecule has 0 radical (unpaired) electrons. The summed E-state index contributed by atoms with van der Waals surface area (Å²) in [6.45, 7) is -0.224. The topological polar surface area (TPSA) is 226 Å². The van der Waals surface area contributed by atoms with Crippen LogP contribution < -0.4 is 27.4 Å². The number of aliphatic hydroxyl groups is 1. The molecule has 0 aromatic carbocycles. The summed E-state index contributed by atoms with van der Waals surface area (Å²) in [5, 5.41) is 25.7. The number of nitrogens with two attached hydrogens (primary N) is 2. The van der Waals surface area contributed by atoms with Crippen molar-refractivity contribution in [1.82, 2.24) is 25.9 Å². The molecule has 0 aliphatic rings. The second-order valence-corrected chi connectivity index (χ2v) is 7.42. The van der Waals surface area contributed by atoms with E-state index in [4.69, 9.17) is 16.6 Å². The highest BCUT2D eigenvalue weighted by atomic mass is 32.1. The number of aliphatic carboxylic acids is 1. The van der Waals surface area contributed by atoms with Crippen molar-refractivity contribution in [2.75, 3.05) is 18.9 Å². The minimum absolute atomic E-state index is 0.0289. The highest BCUT2D eigenvalue weighted by molar-refractivity contribution is 7.80. The lowest BCUT2D eigenvalue weighted by Gasteiger charge is -2.24. The Hall–Kier alpha value is -2.68. The van der Waals surface area contributed by atoms with Gasteiger partial charge in [-0.3, -0.25) is 14.4 Å². The zero-order valence-electron chi connectivity index (χ0n) is 17.5. The zero-order valence-corrected chi connectivity index (χ0v) is 18.4. The number of aliphatic hydroxyl groups excluding tert-OH is 1. The van der Waals surface area contributed by atoms with E-state index >= 15 is 0 Å². The van der Waals surface area contributed by atoms with Gasteiger partial charge in [-0.1, -0.05) is 0 Å². The van der Waals surface area contributed by atoms with E-state index in [9.17, 15) is 24.3 Å². The Morgan fingerprint density at radius 2 is 1.69 bits per heavy atom. The number of carboxylic acids is 1. The average molecular weight is 474 g/mol. The number of carbonyl (C=O) groups is 4. The van der Waals surface area contributed by atoms with E-state index in [2.05, 4.69) is 38.5 Å². The van der Waals surface area contributed by atoms with E-state index in [1.165, 1.54) is 12.5 Å². The highest BCUT2D eigenvalue weighted by Gasteiger charge is 2.29. The van der Waals surface area contributed by atoms with Crippen LogP contribution >= 0.6 is 12.6 Å². The summed E-state index contributed by atoms with van der Waals surface area (Å²) in [4.78, 5) is 55.5. The Labute approximate surface area is 190 Å². The lowest BCUT2D eigenvalue weighted by atomic mass is 10.1. The number of thiol groups is 1. The number of amides is 3. The lowest BCUT2D eigenvalue weighted by Crippen LogP contribution is -2.58. The fraction of sp³-hybridized carbons (Fsp3) is 0.611. The van der Waals surface area contributed by atoms with Crippen LogP contribution in [0.25, 0.3) is 0 Å². The van der Waals surface area contributed by atoms with Crippen molar-refractivity contribution in [2.45, 2.75) is 49.9 Å². The zero-order chi connectivity index (χ0) is 24.1. The van der Waals surface area contributed by atoms with Gasteiger partial charge in [-0.05, 0) is 25.8 Å². The van der Waals surface area contributed by atoms with Crippen molar-refractivity contribution < 1.29 is 29.4 Å². The predicted molar refractivity (Wildman–Crippen MR) is 118 cm³/mol. The molecule has 3 amide bonds. The summed E-state index contributed by atoms with van der Waals surface area (Å²) >= 11 is 4.04. The van der Waals surface area contributed by atoms with Crippen LogP contribution in [0.2, 0.25) is 0 Å². The normalized spacial score (nSPS) is 14.6. The van der Waals surface area contributed by atoms with Gasteiger partial charge in [0.2, 0.25) is 17.7 Å². The second kappa shape index (κ2) is 14.4. The molecule has 0 spiro atoms. The molecule has 0 saturated heterocycles. The fourth-order valence-corrected chi connectivity index (χ4v) is 2.94. The number of aromatic nitrogens is 2. The Morgan fingerprint density at radius 1 is 1.06 bits per heavy atom. The number of unbranched alkanes of at least 4 members (excludes halogenated alkanes) is 1. The third-order valence-corrected chi connectivity index (χ3v) is 4.89. The maximum atomic E-state index is 12.8. The molecule has 14 heteroatoms. The maximum Gasteiger partial charge on any atom is 0.326 e. The number of rotatable bonds is 15. The summed E-state index contributed by atoms with van der Waals surface area (Å²) in [6.07, 6.45) is 4.10. The Bertz CT molecular complexity index is 748. The largest absolute Gasteiger partial charge is 0.480 e. The van der Waals surface area contributed by atoms with Crippen LogP contribution in [0.4, 0.5) is 0 Å². The standard InChI is InChI=1S/C18H31N7O6S/c19-4-2-1-3-12(23-17(29)14(8-32)25-15(27)11(20)7-26)16(28)24-13(18(30)31)5-10-6-21-9-22-10/h6,9,11-14,26,32H,1-5,7-8,19-20H2,(H,21,22)(H,23,29)(H,24,28)(H,25,27)(H,30,31). The lowest BCUT2D eigenvalue weighted by molar-refractivity contribution is -0.142. The van der Waals surface area contributed by atoms with Gasteiger partial charge in [0.05, 0.1) is 12.9 Å². The number of carbonyl (C=O) groups excluding carboxylic acids is 3. The first-order chi connectivity index (χ1) is 15.2. The summed E-state index contributed by atoms with van der Waals surface area (Å²) in [5.41, 5.74) is 11.4. The van der Waals surface area contributed by atoms with Gasteiger partial charge in [0.1, 0.15) is 24.2 Å². The average Bonchev–Trinajstić information content (AvgIpc) is 3.28. The molecule has 4 unspecified atom stereocenters. The van der Waals surface area contributed by atoms with Crippen LogP contribution in [0.15, 0.2) is 12.5 Å². The van der Waals surface area contributed by atoms with Crippen molar-refractivity contribution in [1.29, 1.82) is 0 Å². The predicted octanol–water partition coefficient (Wildman–Crippen LogP) is -3.13. The van der Waals surface area contributed by atoms with Gasteiger partial charge in [-0.15, -0.1) is 0 Å². The SMILES string of the molecule is NCCCCC(NC(=O)C(CS)NC(=O)C(N)CO)C(=O)NC(Cc1cnc[nH]1)C(=O)O. The van der Waals surface area contributed by atoms with Gasteiger partial charge in [0, 0.05) is 24.1 Å². The van der Waals surface area contributed by atoms with E-state index < -0.39 is 54.5 Å². The van der Waals surface area contributed by atoms with Crippen LogP contribution in [0.3, 0.4) is 0 Å². The van der Waals surface area contributed by atoms with Crippen molar-refractivity contribution in [3.8, 4) is 0 Å². The molecule has 13 nitrogen and oxygen atoms in total. The van der Waals surface area contributed by atoms with Crippen LogP contribution in [0, 0.1) is 0 Å². The fourth-order valence-electron chi connectivity index (χ4n) is 2.68. The molecular weight excluding hydrogens is 442 g/mol. The minimum Gasteiger partial charge on any atom is -0.480 e. The maximum absolute atomic E-state index is 12.8. The first kappa shape index (κ1) is 27.4. The molecule has 0 aliphatic carbocycles. The van der Waals surface area contributed by atoms with Crippen LogP contribution in [-0.4, -0.2) is 86.9 Å². The van der Waals surface area contributed by atoms with Gasteiger partial charge < -0.3 is 42.6 Å². The molecule has 0 fully saturated rings. The first-order valence-electron chi connectivity index (χ1n) is 10.0. The van der Waals surface area contributed by atoms with E-state index in [-0.39, 0.29) is 18.6 Å². The highest BCUT2D eigenvalue weighted by Crippen LogP contribution is 2.05.